The molecular weight excluding hydrogens is 334 g/mol. The molecule has 0 spiro atoms. The van der Waals surface area contributed by atoms with E-state index < -0.39 is 0 Å². The van der Waals surface area contributed by atoms with Crippen LogP contribution in [0.3, 0.4) is 0 Å². The molecule has 0 atom stereocenters. The molecule has 1 aromatic heterocycles. The maximum absolute atomic E-state index is 12.3. The quantitative estimate of drug-likeness (QED) is 0.893. The minimum absolute atomic E-state index is 0.0947. The zero-order chi connectivity index (χ0) is 15.0. The molecule has 0 saturated heterocycles. The molecule has 3 rings (SSSR count). The number of H-pyrrole nitrogens is 1. The van der Waals surface area contributed by atoms with Crippen molar-refractivity contribution in [3.63, 3.8) is 0 Å². The van der Waals surface area contributed by atoms with Gasteiger partial charge in [0, 0.05) is 23.1 Å². The van der Waals surface area contributed by atoms with Gasteiger partial charge in [-0.15, -0.1) is 0 Å². The predicted octanol–water partition coefficient (Wildman–Crippen LogP) is 2.43. The van der Waals surface area contributed by atoms with Crippen molar-refractivity contribution < 1.29 is 9.90 Å². The van der Waals surface area contributed by atoms with Crippen molar-refractivity contribution in [2.45, 2.75) is 25.0 Å². The number of carbonyl (C=O) groups excluding carboxylic acids is 1. The van der Waals surface area contributed by atoms with Gasteiger partial charge in [-0.2, -0.15) is 5.10 Å². The summed E-state index contributed by atoms with van der Waals surface area (Å²) in [6, 6.07) is 9.64. The molecule has 21 heavy (non-hydrogen) atoms. The number of nitrogens with one attached hydrogen (secondary N) is 1. The van der Waals surface area contributed by atoms with Gasteiger partial charge in [0.25, 0.3) is 5.91 Å². The van der Waals surface area contributed by atoms with Crippen LogP contribution in [-0.2, 0) is 0 Å². The van der Waals surface area contributed by atoms with Crippen LogP contribution in [0.15, 0.2) is 34.8 Å². The fraction of sp³-hybridized carbons (Fsp3) is 0.333. The Bertz CT molecular complexity index is 647. The lowest BCUT2D eigenvalue weighted by atomic mass is 9.88. The van der Waals surface area contributed by atoms with E-state index in [4.69, 9.17) is 0 Å². The Morgan fingerprint density at radius 1 is 1.38 bits per heavy atom. The van der Waals surface area contributed by atoms with E-state index in [9.17, 15) is 9.90 Å². The maximum atomic E-state index is 12.3. The molecule has 1 aliphatic carbocycles. The summed E-state index contributed by atoms with van der Waals surface area (Å²) in [6.45, 7) is 0. The second kappa shape index (κ2) is 5.61. The Morgan fingerprint density at radius 2 is 2.05 bits per heavy atom. The minimum Gasteiger partial charge on any atom is -0.393 e. The monoisotopic (exact) mass is 349 g/mol. The average Bonchev–Trinajstić information content (AvgIpc) is 2.93. The second-order valence-electron chi connectivity index (χ2n) is 5.37. The van der Waals surface area contributed by atoms with E-state index in [2.05, 4.69) is 26.1 Å². The summed E-state index contributed by atoms with van der Waals surface area (Å²) in [7, 11) is 1.76. The number of benzene rings is 1. The number of nitrogens with zero attached hydrogens (tertiary/aromatic N) is 2. The number of aliphatic hydroxyl groups is 1. The SMILES string of the molecule is CN(C(=O)c1cc(-c2ccc(Br)cc2)n[nH]1)C1CC(O)C1. The summed E-state index contributed by atoms with van der Waals surface area (Å²) < 4.78 is 1.00. The molecule has 0 aliphatic heterocycles. The molecule has 1 saturated carbocycles. The lowest BCUT2D eigenvalue weighted by Gasteiger charge is -2.38. The summed E-state index contributed by atoms with van der Waals surface area (Å²) in [5.41, 5.74) is 2.17. The van der Waals surface area contributed by atoms with Crippen LogP contribution in [-0.4, -0.2) is 45.3 Å². The number of halogens is 1. The summed E-state index contributed by atoms with van der Waals surface area (Å²) in [6.07, 6.45) is 1.02. The van der Waals surface area contributed by atoms with E-state index in [0.29, 0.717) is 18.5 Å². The number of carbonyl (C=O) groups is 1. The summed E-state index contributed by atoms with van der Waals surface area (Å²) in [4.78, 5) is 14.0. The molecule has 110 valence electrons. The predicted molar refractivity (Wildman–Crippen MR) is 82.8 cm³/mol. The van der Waals surface area contributed by atoms with Gasteiger partial charge in [0.2, 0.25) is 0 Å². The lowest BCUT2D eigenvalue weighted by Crippen LogP contribution is -2.47. The molecular formula is C15H16BrN3O2. The Hall–Kier alpha value is -1.66. The lowest BCUT2D eigenvalue weighted by molar-refractivity contribution is 0.0129. The van der Waals surface area contributed by atoms with Gasteiger partial charge in [0.15, 0.2) is 0 Å². The van der Waals surface area contributed by atoms with Crippen LogP contribution >= 0.6 is 15.9 Å². The molecule has 2 aromatic rings. The van der Waals surface area contributed by atoms with Gasteiger partial charge in [-0.05, 0) is 31.0 Å². The van der Waals surface area contributed by atoms with Crippen molar-refractivity contribution in [2.24, 2.45) is 0 Å². The Kier molecular flexibility index (Phi) is 3.82. The normalized spacial score (nSPS) is 20.9. The zero-order valence-corrected chi connectivity index (χ0v) is 13.2. The van der Waals surface area contributed by atoms with Crippen LogP contribution in [0.4, 0.5) is 0 Å². The zero-order valence-electron chi connectivity index (χ0n) is 11.6. The highest BCUT2D eigenvalue weighted by atomic mass is 79.9. The third-order valence-corrected chi connectivity index (χ3v) is 4.43. The third kappa shape index (κ3) is 2.87. The molecule has 1 aliphatic rings. The van der Waals surface area contributed by atoms with Crippen LogP contribution in [0.25, 0.3) is 11.3 Å². The highest BCUT2D eigenvalue weighted by molar-refractivity contribution is 9.10. The van der Waals surface area contributed by atoms with Crippen LogP contribution in [0, 0.1) is 0 Å². The van der Waals surface area contributed by atoms with Gasteiger partial charge in [-0.3, -0.25) is 9.89 Å². The van der Waals surface area contributed by atoms with Gasteiger partial charge in [0.05, 0.1) is 11.8 Å². The van der Waals surface area contributed by atoms with E-state index in [1.165, 1.54) is 0 Å². The Labute approximate surface area is 131 Å². The van der Waals surface area contributed by atoms with Crippen molar-refractivity contribution in [1.29, 1.82) is 0 Å². The van der Waals surface area contributed by atoms with Crippen molar-refractivity contribution >= 4 is 21.8 Å². The molecule has 0 bridgehead atoms. The van der Waals surface area contributed by atoms with Gasteiger partial charge >= 0.3 is 0 Å². The average molecular weight is 350 g/mol. The molecule has 1 fully saturated rings. The van der Waals surface area contributed by atoms with Crippen molar-refractivity contribution in [3.8, 4) is 11.3 Å². The molecule has 1 aromatic carbocycles. The minimum atomic E-state index is -0.273. The highest BCUT2D eigenvalue weighted by Crippen LogP contribution is 2.26. The fourth-order valence-corrected chi connectivity index (χ4v) is 2.70. The van der Waals surface area contributed by atoms with Gasteiger partial charge in [-0.25, -0.2) is 0 Å². The van der Waals surface area contributed by atoms with Gasteiger partial charge in [-0.1, -0.05) is 28.1 Å². The Morgan fingerprint density at radius 3 is 2.67 bits per heavy atom. The first-order valence-corrected chi connectivity index (χ1v) is 7.60. The summed E-state index contributed by atoms with van der Waals surface area (Å²) in [5.74, 6) is -0.0947. The van der Waals surface area contributed by atoms with E-state index in [1.807, 2.05) is 24.3 Å². The van der Waals surface area contributed by atoms with Crippen molar-refractivity contribution in [1.82, 2.24) is 15.1 Å². The number of aromatic amines is 1. The van der Waals surface area contributed by atoms with Crippen LogP contribution in [0.2, 0.25) is 0 Å². The van der Waals surface area contributed by atoms with E-state index in [1.54, 1.807) is 18.0 Å². The fourth-order valence-electron chi connectivity index (χ4n) is 2.43. The molecule has 1 amide bonds. The maximum Gasteiger partial charge on any atom is 0.271 e. The number of aliphatic hydroxyl groups excluding tert-OH is 1. The molecule has 1 heterocycles. The largest absolute Gasteiger partial charge is 0.393 e. The number of amides is 1. The standard InChI is InChI=1S/C15H16BrN3O2/c1-19(11-6-12(20)7-11)15(21)14-8-13(17-18-14)9-2-4-10(16)5-3-9/h2-5,8,11-12,20H,6-7H2,1H3,(H,17,18). The molecule has 0 unspecified atom stereocenters. The van der Waals surface area contributed by atoms with Gasteiger partial charge < -0.3 is 10.0 Å². The molecule has 6 heteroatoms. The van der Waals surface area contributed by atoms with E-state index in [0.717, 1.165) is 15.7 Å². The van der Waals surface area contributed by atoms with Crippen LogP contribution in [0.5, 0.6) is 0 Å². The van der Waals surface area contributed by atoms with E-state index in [-0.39, 0.29) is 18.1 Å². The van der Waals surface area contributed by atoms with E-state index >= 15 is 0 Å². The molecule has 2 N–H and O–H groups in total. The molecule has 5 nitrogen and oxygen atoms in total. The summed E-state index contributed by atoms with van der Waals surface area (Å²) >= 11 is 3.39. The molecule has 0 radical (unpaired) electrons. The number of hydrogen-bond acceptors (Lipinski definition) is 3. The third-order valence-electron chi connectivity index (χ3n) is 3.90. The Balaban J connectivity index is 1.75. The smallest absolute Gasteiger partial charge is 0.271 e. The number of rotatable bonds is 3. The first-order chi connectivity index (χ1) is 10.0. The highest BCUT2D eigenvalue weighted by Gasteiger charge is 2.33. The summed E-state index contributed by atoms with van der Waals surface area (Å²) in [5, 5.41) is 16.3. The first kappa shape index (κ1) is 14.3. The number of hydrogen-bond donors (Lipinski definition) is 2. The van der Waals surface area contributed by atoms with Gasteiger partial charge in [0.1, 0.15) is 5.69 Å². The number of aromatic nitrogens is 2. The topological polar surface area (TPSA) is 69.2 Å². The second-order valence-corrected chi connectivity index (χ2v) is 6.28. The first-order valence-electron chi connectivity index (χ1n) is 6.81. The van der Waals surface area contributed by atoms with Crippen LogP contribution < -0.4 is 0 Å². The van der Waals surface area contributed by atoms with Crippen molar-refractivity contribution in [2.75, 3.05) is 7.05 Å². The van der Waals surface area contributed by atoms with Crippen LogP contribution in [0.1, 0.15) is 23.3 Å². The van der Waals surface area contributed by atoms with Crippen molar-refractivity contribution in [3.05, 3.63) is 40.5 Å².